The minimum atomic E-state index is -3.80. The lowest BCUT2D eigenvalue weighted by atomic mass is 10.1. The van der Waals surface area contributed by atoms with Crippen LogP contribution in [-0.4, -0.2) is 17.3 Å². The van der Waals surface area contributed by atoms with Gasteiger partial charge in [-0.15, -0.1) is 0 Å². The zero-order chi connectivity index (χ0) is 12.3. The Morgan fingerprint density at radius 2 is 1.75 bits per heavy atom. The van der Waals surface area contributed by atoms with Crippen LogP contribution in [0.5, 0.6) is 0 Å². The van der Waals surface area contributed by atoms with Gasteiger partial charge in [0.25, 0.3) is 0 Å². The van der Waals surface area contributed by atoms with Gasteiger partial charge in [-0.05, 0) is 13.3 Å². The fourth-order valence-electron chi connectivity index (χ4n) is 1.23. The monoisotopic (exact) mass is 270 g/mol. The topological polar surface area (TPSA) is 55.8 Å². The van der Waals surface area contributed by atoms with Gasteiger partial charge in [0.1, 0.15) is 0 Å². The molecule has 0 aromatic heterocycles. The molecule has 0 aliphatic heterocycles. The molecule has 0 heterocycles. The van der Waals surface area contributed by atoms with Crippen molar-refractivity contribution in [2.45, 2.75) is 52.4 Å². The lowest BCUT2D eigenvalue weighted by Gasteiger charge is -2.08. The summed E-state index contributed by atoms with van der Waals surface area (Å²) in [7, 11) is -3.80. The van der Waals surface area contributed by atoms with E-state index in [0.717, 1.165) is 30.6 Å². The standard InChI is InChI=1S/C10H23O4PS/c1-3-5-6-7-8-9-10-16-14-15(11,12)13-4-2/h3-10H2,1-2H3,(H,11,12). The highest BCUT2D eigenvalue weighted by Crippen LogP contribution is 2.47. The van der Waals surface area contributed by atoms with Crippen molar-refractivity contribution in [3.05, 3.63) is 0 Å². The minimum Gasteiger partial charge on any atom is -0.302 e. The third-order valence-corrected chi connectivity index (χ3v) is 4.24. The quantitative estimate of drug-likeness (QED) is 0.347. The second-order valence-electron chi connectivity index (χ2n) is 3.55. The average Bonchev–Trinajstić information content (AvgIpc) is 2.22. The molecule has 0 fully saturated rings. The number of rotatable bonds is 11. The summed E-state index contributed by atoms with van der Waals surface area (Å²) >= 11 is 1.03. The third-order valence-electron chi connectivity index (χ3n) is 2.02. The zero-order valence-corrected chi connectivity index (χ0v) is 11.9. The van der Waals surface area contributed by atoms with Gasteiger partial charge < -0.3 is 4.89 Å². The summed E-state index contributed by atoms with van der Waals surface area (Å²) in [5.41, 5.74) is 0. The molecular weight excluding hydrogens is 247 g/mol. The second kappa shape index (κ2) is 10.6. The van der Waals surface area contributed by atoms with Gasteiger partial charge in [-0.25, -0.2) is 8.54 Å². The summed E-state index contributed by atoms with van der Waals surface area (Å²) in [6.45, 7) is 4.03. The number of hydrogen-bond donors (Lipinski definition) is 1. The molecule has 1 unspecified atom stereocenters. The molecule has 0 saturated carbocycles. The van der Waals surface area contributed by atoms with Gasteiger partial charge in [0.15, 0.2) is 0 Å². The van der Waals surface area contributed by atoms with E-state index >= 15 is 0 Å². The molecule has 6 heteroatoms. The van der Waals surface area contributed by atoms with Gasteiger partial charge in [0.05, 0.1) is 6.61 Å². The van der Waals surface area contributed by atoms with Crippen LogP contribution in [0.3, 0.4) is 0 Å². The van der Waals surface area contributed by atoms with Crippen LogP contribution in [-0.2, 0) is 13.1 Å². The lowest BCUT2D eigenvalue weighted by Crippen LogP contribution is -1.90. The van der Waals surface area contributed by atoms with E-state index in [0.29, 0.717) is 0 Å². The molecule has 0 aliphatic carbocycles. The van der Waals surface area contributed by atoms with Crippen LogP contribution in [0.1, 0.15) is 52.4 Å². The van der Waals surface area contributed by atoms with Crippen molar-refractivity contribution in [1.29, 1.82) is 0 Å². The van der Waals surface area contributed by atoms with Gasteiger partial charge in [0.2, 0.25) is 0 Å². The van der Waals surface area contributed by atoms with Crippen LogP contribution in [0, 0.1) is 0 Å². The van der Waals surface area contributed by atoms with Crippen LogP contribution in [0.15, 0.2) is 0 Å². The molecule has 98 valence electrons. The molecular formula is C10H23O4PS. The number of phosphoric ester groups is 1. The zero-order valence-electron chi connectivity index (χ0n) is 10.2. The fourth-order valence-corrected chi connectivity index (χ4v) is 2.88. The number of unbranched alkanes of at least 4 members (excludes halogenated alkanes) is 5. The van der Waals surface area contributed by atoms with E-state index in [1.807, 2.05) is 0 Å². The predicted octanol–water partition coefficient (Wildman–Crippen LogP) is 4.15. The van der Waals surface area contributed by atoms with Crippen molar-refractivity contribution in [3.8, 4) is 0 Å². The molecule has 0 aromatic rings. The van der Waals surface area contributed by atoms with E-state index in [-0.39, 0.29) is 6.61 Å². The Labute approximate surface area is 103 Å². The third kappa shape index (κ3) is 11.0. The summed E-state index contributed by atoms with van der Waals surface area (Å²) in [4.78, 5) is 9.08. The first-order valence-corrected chi connectivity index (χ1v) is 8.31. The maximum atomic E-state index is 11.1. The predicted molar refractivity (Wildman–Crippen MR) is 68.4 cm³/mol. The van der Waals surface area contributed by atoms with Gasteiger partial charge >= 0.3 is 7.82 Å². The first kappa shape index (κ1) is 16.5. The van der Waals surface area contributed by atoms with Crippen molar-refractivity contribution >= 4 is 19.9 Å². The Morgan fingerprint density at radius 3 is 2.38 bits per heavy atom. The van der Waals surface area contributed by atoms with Crippen LogP contribution in [0.2, 0.25) is 0 Å². The number of hydrogen-bond acceptors (Lipinski definition) is 4. The molecule has 1 N–H and O–H groups in total. The Bertz CT molecular complexity index is 201. The molecule has 16 heavy (non-hydrogen) atoms. The maximum absolute atomic E-state index is 11.1. The molecule has 0 aliphatic rings. The molecule has 4 nitrogen and oxygen atoms in total. The molecule has 0 radical (unpaired) electrons. The van der Waals surface area contributed by atoms with Gasteiger partial charge in [-0.1, -0.05) is 39.0 Å². The summed E-state index contributed by atoms with van der Waals surface area (Å²) in [6.07, 6.45) is 7.22. The number of phosphoric acid groups is 1. The van der Waals surface area contributed by atoms with Crippen LogP contribution >= 0.6 is 19.9 Å². The van der Waals surface area contributed by atoms with Crippen molar-refractivity contribution in [2.24, 2.45) is 0 Å². The van der Waals surface area contributed by atoms with E-state index < -0.39 is 7.82 Å². The first-order valence-electron chi connectivity index (χ1n) is 5.91. The van der Waals surface area contributed by atoms with Gasteiger partial charge in [-0.2, -0.15) is 0 Å². The molecule has 0 rings (SSSR count). The van der Waals surface area contributed by atoms with Crippen LogP contribution in [0.4, 0.5) is 0 Å². The summed E-state index contributed by atoms with van der Waals surface area (Å²) in [5, 5.41) is 0. The van der Waals surface area contributed by atoms with Gasteiger partial charge in [0, 0.05) is 17.8 Å². The highest BCUT2D eigenvalue weighted by atomic mass is 32.2. The normalized spacial score (nSPS) is 14.9. The SMILES string of the molecule is CCCCCCCCSOP(=O)(O)OCC. The Kier molecular flexibility index (Phi) is 10.9. The average molecular weight is 270 g/mol. The Morgan fingerprint density at radius 1 is 1.12 bits per heavy atom. The van der Waals surface area contributed by atoms with E-state index in [4.69, 9.17) is 8.86 Å². The van der Waals surface area contributed by atoms with Crippen LogP contribution in [0.25, 0.3) is 0 Å². The molecule has 0 aromatic carbocycles. The lowest BCUT2D eigenvalue weighted by molar-refractivity contribution is 0.222. The van der Waals surface area contributed by atoms with Crippen molar-refractivity contribution in [2.75, 3.05) is 12.4 Å². The molecule has 0 spiro atoms. The van der Waals surface area contributed by atoms with E-state index in [2.05, 4.69) is 11.4 Å². The highest BCUT2D eigenvalue weighted by Gasteiger charge is 2.20. The fraction of sp³-hybridized carbons (Fsp3) is 1.00. The second-order valence-corrected chi connectivity index (χ2v) is 5.99. The van der Waals surface area contributed by atoms with Crippen LogP contribution < -0.4 is 0 Å². The van der Waals surface area contributed by atoms with Crippen molar-refractivity contribution < 1.29 is 18.0 Å². The first-order chi connectivity index (χ1) is 7.62. The Balaban J connectivity index is 3.23. The van der Waals surface area contributed by atoms with Gasteiger partial charge in [-0.3, -0.25) is 4.52 Å². The van der Waals surface area contributed by atoms with E-state index in [1.54, 1.807) is 6.92 Å². The van der Waals surface area contributed by atoms with E-state index in [9.17, 15) is 4.57 Å². The van der Waals surface area contributed by atoms with Crippen molar-refractivity contribution in [1.82, 2.24) is 0 Å². The Hall–Kier alpha value is 0.460. The summed E-state index contributed by atoms with van der Waals surface area (Å²) < 4.78 is 20.3. The minimum absolute atomic E-state index is 0.186. The summed E-state index contributed by atoms with van der Waals surface area (Å²) in [6, 6.07) is 0. The highest BCUT2D eigenvalue weighted by molar-refractivity contribution is 7.97. The van der Waals surface area contributed by atoms with E-state index in [1.165, 1.54) is 25.7 Å². The smallest absolute Gasteiger partial charge is 0.302 e. The molecule has 0 saturated heterocycles. The molecule has 0 amide bonds. The molecule has 0 bridgehead atoms. The summed E-state index contributed by atoms with van der Waals surface area (Å²) in [5.74, 6) is 0.740. The maximum Gasteiger partial charge on any atom is 0.483 e. The van der Waals surface area contributed by atoms with Crippen molar-refractivity contribution in [3.63, 3.8) is 0 Å². The largest absolute Gasteiger partial charge is 0.483 e. The molecule has 1 atom stereocenters.